The summed E-state index contributed by atoms with van der Waals surface area (Å²) in [5.41, 5.74) is 2.74. The molecule has 1 aliphatic heterocycles. The van der Waals surface area contributed by atoms with Crippen molar-refractivity contribution in [2.75, 3.05) is 43.9 Å². The summed E-state index contributed by atoms with van der Waals surface area (Å²) in [7, 11) is 3.15. The molecule has 0 bridgehead atoms. The van der Waals surface area contributed by atoms with Crippen molar-refractivity contribution in [1.82, 2.24) is 10.2 Å². The van der Waals surface area contributed by atoms with Crippen molar-refractivity contribution in [2.24, 2.45) is 0 Å². The molecule has 7 nitrogen and oxygen atoms in total. The number of rotatable bonds is 6. The molecule has 0 spiro atoms. The van der Waals surface area contributed by atoms with Crippen LogP contribution in [0.5, 0.6) is 0 Å². The van der Waals surface area contributed by atoms with Gasteiger partial charge >= 0.3 is 0 Å². The fraction of sp³-hybridized carbons (Fsp3) is 0.353. The van der Waals surface area contributed by atoms with E-state index >= 15 is 0 Å². The van der Waals surface area contributed by atoms with Gasteiger partial charge in [-0.2, -0.15) is 0 Å². The van der Waals surface area contributed by atoms with Crippen molar-refractivity contribution in [3.8, 4) is 0 Å². The Labute approximate surface area is 141 Å². The van der Waals surface area contributed by atoms with E-state index in [1.165, 1.54) is 18.0 Å². The van der Waals surface area contributed by atoms with Gasteiger partial charge in [0.2, 0.25) is 17.7 Å². The van der Waals surface area contributed by atoms with E-state index in [0.29, 0.717) is 5.69 Å². The molecule has 1 aliphatic rings. The van der Waals surface area contributed by atoms with Gasteiger partial charge in [-0.15, -0.1) is 0 Å². The van der Waals surface area contributed by atoms with Crippen LogP contribution in [0.25, 0.3) is 0 Å². The fourth-order valence-electron chi connectivity index (χ4n) is 2.59. The number of carbonyl (C=O) groups excluding carboxylic acids is 3. The predicted octanol–water partition coefficient (Wildman–Crippen LogP) is 0.378. The van der Waals surface area contributed by atoms with Crippen molar-refractivity contribution in [2.45, 2.75) is 6.42 Å². The van der Waals surface area contributed by atoms with Crippen LogP contribution in [0.1, 0.15) is 5.56 Å². The first kappa shape index (κ1) is 17.5. The summed E-state index contributed by atoms with van der Waals surface area (Å²) >= 11 is 0. The molecular formula is C17H22N4O3. The van der Waals surface area contributed by atoms with E-state index in [1.807, 2.05) is 23.1 Å². The monoisotopic (exact) mass is 330 g/mol. The van der Waals surface area contributed by atoms with Crippen molar-refractivity contribution < 1.29 is 14.4 Å². The van der Waals surface area contributed by atoms with Gasteiger partial charge in [0.1, 0.15) is 0 Å². The van der Waals surface area contributed by atoms with Crippen molar-refractivity contribution in [3.63, 3.8) is 0 Å². The number of hydrogen-bond acceptors (Lipinski definition) is 4. The van der Waals surface area contributed by atoms with Crippen LogP contribution >= 0.6 is 0 Å². The Morgan fingerprint density at radius 3 is 2.75 bits per heavy atom. The second-order valence-electron chi connectivity index (χ2n) is 5.63. The summed E-state index contributed by atoms with van der Waals surface area (Å²) in [6, 6.07) is 5.64. The molecule has 7 heteroatoms. The maximum atomic E-state index is 12.0. The standard InChI is InChI=1S/C17H22N4O3/c1-4-17(24)20(3)10-16(23)19-13-6-5-12-7-8-21(14(12)9-13)11-15(22)18-2/h4-6,9H,1,7-8,10-11H2,2-3H3,(H,18,22)(H,19,23). The van der Waals surface area contributed by atoms with Gasteiger partial charge in [-0.1, -0.05) is 12.6 Å². The molecule has 1 heterocycles. The smallest absolute Gasteiger partial charge is 0.246 e. The van der Waals surface area contributed by atoms with Crippen LogP contribution in [0.4, 0.5) is 11.4 Å². The minimum Gasteiger partial charge on any atom is -0.362 e. The summed E-state index contributed by atoms with van der Waals surface area (Å²) in [4.78, 5) is 38.3. The van der Waals surface area contributed by atoms with Crippen LogP contribution in [0, 0.1) is 0 Å². The lowest BCUT2D eigenvalue weighted by Crippen LogP contribution is -2.34. The zero-order valence-corrected chi connectivity index (χ0v) is 14.0. The van der Waals surface area contributed by atoms with Crippen LogP contribution < -0.4 is 15.5 Å². The first-order valence-electron chi connectivity index (χ1n) is 7.70. The average Bonchev–Trinajstić information content (AvgIpc) is 2.96. The van der Waals surface area contributed by atoms with E-state index in [-0.39, 0.29) is 30.8 Å². The molecule has 2 rings (SSSR count). The number of anilines is 2. The van der Waals surface area contributed by atoms with Crippen LogP contribution in [0.2, 0.25) is 0 Å². The quantitative estimate of drug-likeness (QED) is 0.739. The lowest BCUT2D eigenvalue weighted by atomic mass is 10.1. The molecule has 24 heavy (non-hydrogen) atoms. The van der Waals surface area contributed by atoms with Gasteiger partial charge in [-0.3, -0.25) is 14.4 Å². The summed E-state index contributed by atoms with van der Waals surface area (Å²) in [6.07, 6.45) is 2.04. The van der Waals surface area contributed by atoms with Gasteiger partial charge in [0.15, 0.2) is 0 Å². The van der Waals surface area contributed by atoms with Gasteiger partial charge < -0.3 is 20.4 Å². The molecule has 2 N–H and O–H groups in total. The minimum atomic E-state index is -0.309. The minimum absolute atomic E-state index is 0.0517. The molecule has 128 valence electrons. The highest BCUT2D eigenvalue weighted by Gasteiger charge is 2.21. The van der Waals surface area contributed by atoms with E-state index in [2.05, 4.69) is 17.2 Å². The topological polar surface area (TPSA) is 81.8 Å². The first-order chi connectivity index (χ1) is 11.4. The lowest BCUT2D eigenvalue weighted by molar-refractivity contribution is -0.129. The Bertz CT molecular complexity index is 672. The second kappa shape index (κ2) is 7.63. The summed E-state index contributed by atoms with van der Waals surface area (Å²) in [5.74, 6) is -0.652. The highest BCUT2D eigenvalue weighted by molar-refractivity contribution is 5.96. The van der Waals surface area contributed by atoms with Gasteiger partial charge in [-0.25, -0.2) is 0 Å². The van der Waals surface area contributed by atoms with E-state index in [1.54, 1.807) is 7.05 Å². The van der Waals surface area contributed by atoms with Gasteiger partial charge in [0, 0.05) is 32.0 Å². The normalized spacial score (nSPS) is 12.3. The number of likely N-dealkylation sites (N-methyl/N-ethyl adjacent to an activating group) is 2. The fourth-order valence-corrected chi connectivity index (χ4v) is 2.59. The zero-order chi connectivity index (χ0) is 17.7. The van der Waals surface area contributed by atoms with E-state index < -0.39 is 0 Å². The molecule has 0 saturated heterocycles. The summed E-state index contributed by atoms with van der Waals surface area (Å²) < 4.78 is 0. The SMILES string of the molecule is C=CC(=O)N(C)CC(=O)Nc1ccc2c(c1)N(CC(=O)NC)CC2. The maximum Gasteiger partial charge on any atom is 0.246 e. The lowest BCUT2D eigenvalue weighted by Gasteiger charge is -2.19. The molecule has 0 radical (unpaired) electrons. The number of nitrogens with zero attached hydrogens (tertiary/aromatic N) is 2. The predicted molar refractivity (Wildman–Crippen MR) is 92.9 cm³/mol. The molecular weight excluding hydrogens is 308 g/mol. The van der Waals surface area contributed by atoms with Crippen molar-refractivity contribution >= 4 is 29.1 Å². The Balaban J connectivity index is 2.04. The number of hydrogen-bond donors (Lipinski definition) is 2. The second-order valence-corrected chi connectivity index (χ2v) is 5.63. The third-order valence-corrected chi connectivity index (χ3v) is 3.91. The van der Waals surface area contributed by atoms with Crippen LogP contribution in [-0.2, 0) is 20.8 Å². The summed E-state index contributed by atoms with van der Waals surface area (Å²) in [5, 5.41) is 5.39. The number of nitrogens with one attached hydrogen (secondary N) is 2. The molecule has 3 amide bonds. The first-order valence-corrected chi connectivity index (χ1v) is 7.70. The van der Waals surface area contributed by atoms with E-state index in [9.17, 15) is 14.4 Å². The molecule has 0 atom stereocenters. The van der Waals surface area contributed by atoms with E-state index in [4.69, 9.17) is 0 Å². The Hall–Kier alpha value is -2.83. The van der Waals surface area contributed by atoms with Gasteiger partial charge in [0.25, 0.3) is 0 Å². The zero-order valence-electron chi connectivity index (χ0n) is 14.0. The maximum absolute atomic E-state index is 12.0. The van der Waals surface area contributed by atoms with Crippen molar-refractivity contribution in [3.05, 3.63) is 36.4 Å². The Kier molecular flexibility index (Phi) is 5.57. The molecule has 1 aromatic carbocycles. The number of fused-ring (bicyclic) bond motifs is 1. The van der Waals surface area contributed by atoms with Crippen LogP contribution in [0.3, 0.4) is 0 Å². The third kappa shape index (κ3) is 4.13. The molecule has 0 saturated carbocycles. The Morgan fingerprint density at radius 2 is 2.08 bits per heavy atom. The number of amides is 3. The van der Waals surface area contributed by atoms with E-state index in [0.717, 1.165) is 24.2 Å². The molecule has 0 aromatic heterocycles. The number of carbonyl (C=O) groups is 3. The molecule has 0 unspecified atom stereocenters. The van der Waals surface area contributed by atoms with Gasteiger partial charge in [-0.05, 0) is 30.2 Å². The van der Waals surface area contributed by atoms with Crippen LogP contribution in [-0.4, -0.2) is 56.4 Å². The molecule has 1 aromatic rings. The highest BCUT2D eigenvalue weighted by Crippen LogP contribution is 2.30. The molecule has 0 fully saturated rings. The highest BCUT2D eigenvalue weighted by atomic mass is 16.2. The van der Waals surface area contributed by atoms with Gasteiger partial charge in [0.05, 0.1) is 13.1 Å². The van der Waals surface area contributed by atoms with Crippen molar-refractivity contribution in [1.29, 1.82) is 0 Å². The average molecular weight is 330 g/mol. The molecule has 0 aliphatic carbocycles. The van der Waals surface area contributed by atoms with Crippen LogP contribution in [0.15, 0.2) is 30.9 Å². The number of benzene rings is 1. The Morgan fingerprint density at radius 1 is 1.33 bits per heavy atom. The third-order valence-electron chi connectivity index (χ3n) is 3.91. The summed E-state index contributed by atoms with van der Waals surface area (Å²) in [6.45, 7) is 4.40. The largest absolute Gasteiger partial charge is 0.362 e.